The lowest BCUT2D eigenvalue weighted by atomic mass is 10.2. The van der Waals surface area contributed by atoms with Gasteiger partial charge in [-0.15, -0.1) is 0 Å². The molecule has 0 radical (unpaired) electrons. The van der Waals surface area contributed by atoms with E-state index in [9.17, 15) is 4.79 Å². The van der Waals surface area contributed by atoms with Crippen molar-refractivity contribution in [1.29, 1.82) is 0 Å². The standard InChI is InChI=1S/C19H16Cl2N2O4/c1-11(18-22-12(2)23-27-18)26-19(24)15-5-3-4-6-17(15)25-10-13-7-8-14(20)9-16(13)21/h3-9,11H,10H2,1-2H3. The predicted molar refractivity (Wildman–Crippen MR) is 100 cm³/mol. The van der Waals surface area contributed by atoms with Gasteiger partial charge in [-0.05, 0) is 38.1 Å². The molecule has 0 amide bonds. The van der Waals surface area contributed by atoms with Crippen LogP contribution in [0.3, 0.4) is 0 Å². The van der Waals surface area contributed by atoms with E-state index in [0.717, 1.165) is 5.56 Å². The van der Waals surface area contributed by atoms with Gasteiger partial charge in [-0.2, -0.15) is 4.98 Å². The topological polar surface area (TPSA) is 74.5 Å². The molecule has 0 saturated carbocycles. The highest BCUT2D eigenvalue weighted by Gasteiger charge is 2.21. The maximum atomic E-state index is 12.5. The second kappa shape index (κ2) is 8.41. The van der Waals surface area contributed by atoms with Crippen LogP contribution < -0.4 is 4.74 Å². The SMILES string of the molecule is Cc1noc(C(C)OC(=O)c2ccccc2OCc2ccc(Cl)cc2Cl)n1. The molecule has 2 aromatic carbocycles. The van der Waals surface area contributed by atoms with E-state index < -0.39 is 12.1 Å². The van der Waals surface area contributed by atoms with Gasteiger partial charge >= 0.3 is 5.97 Å². The van der Waals surface area contributed by atoms with Crippen LogP contribution in [-0.2, 0) is 11.3 Å². The second-order valence-corrected chi connectivity index (χ2v) is 6.59. The van der Waals surface area contributed by atoms with Gasteiger partial charge in [0.05, 0.1) is 0 Å². The summed E-state index contributed by atoms with van der Waals surface area (Å²) in [5.74, 6) is 0.516. The van der Waals surface area contributed by atoms with Gasteiger partial charge in [-0.1, -0.05) is 46.6 Å². The van der Waals surface area contributed by atoms with Gasteiger partial charge in [0.2, 0.25) is 0 Å². The highest BCUT2D eigenvalue weighted by molar-refractivity contribution is 6.35. The van der Waals surface area contributed by atoms with E-state index in [-0.39, 0.29) is 18.1 Å². The number of para-hydroxylation sites is 1. The van der Waals surface area contributed by atoms with Crippen LogP contribution in [0.15, 0.2) is 47.0 Å². The number of rotatable bonds is 6. The predicted octanol–water partition coefficient (Wildman–Crippen LogP) is 5.18. The van der Waals surface area contributed by atoms with E-state index in [1.165, 1.54) is 0 Å². The number of carbonyl (C=O) groups is 1. The molecule has 8 heteroatoms. The Labute approximate surface area is 166 Å². The number of benzene rings is 2. The summed E-state index contributed by atoms with van der Waals surface area (Å²) in [4.78, 5) is 16.6. The quantitative estimate of drug-likeness (QED) is 0.524. The van der Waals surface area contributed by atoms with Gasteiger partial charge in [-0.3, -0.25) is 0 Å². The summed E-state index contributed by atoms with van der Waals surface area (Å²) < 4.78 is 16.2. The van der Waals surface area contributed by atoms with Crippen molar-refractivity contribution in [3.05, 3.63) is 75.4 Å². The third kappa shape index (κ3) is 4.78. The molecule has 27 heavy (non-hydrogen) atoms. The summed E-state index contributed by atoms with van der Waals surface area (Å²) >= 11 is 12.1. The van der Waals surface area contributed by atoms with Crippen molar-refractivity contribution in [2.75, 3.05) is 0 Å². The highest BCUT2D eigenvalue weighted by Crippen LogP contribution is 2.26. The molecule has 6 nitrogen and oxygen atoms in total. The van der Waals surface area contributed by atoms with Crippen LogP contribution >= 0.6 is 23.2 Å². The number of esters is 1. The molecule has 0 fully saturated rings. The molecule has 0 N–H and O–H groups in total. The van der Waals surface area contributed by atoms with Crippen molar-refractivity contribution in [3.63, 3.8) is 0 Å². The lowest BCUT2D eigenvalue weighted by molar-refractivity contribution is 0.0261. The molecule has 0 aliphatic carbocycles. The fraction of sp³-hybridized carbons (Fsp3) is 0.211. The van der Waals surface area contributed by atoms with Crippen molar-refractivity contribution in [2.45, 2.75) is 26.6 Å². The number of ether oxygens (including phenoxy) is 2. The molecular formula is C19H16Cl2N2O4. The number of carbonyl (C=O) groups excluding carboxylic acids is 1. The number of halogens is 2. The van der Waals surface area contributed by atoms with Crippen LogP contribution in [0.25, 0.3) is 0 Å². The van der Waals surface area contributed by atoms with E-state index in [4.69, 9.17) is 37.2 Å². The number of nitrogens with zero attached hydrogens (tertiary/aromatic N) is 2. The molecular weight excluding hydrogens is 391 g/mol. The number of hydrogen-bond donors (Lipinski definition) is 0. The van der Waals surface area contributed by atoms with Gasteiger partial charge in [0.1, 0.15) is 17.9 Å². The zero-order chi connectivity index (χ0) is 19.4. The molecule has 1 heterocycles. The second-order valence-electron chi connectivity index (χ2n) is 5.75. The summed E-state index contributed by atoms with van der Waals surface area (Å²) in [6, 6.07) is 11.9. The fourth-order valence-electron chi connectivity index (χ4n) is 2.31. The molecule has 140 valence electrons. The molecule has 0 saturated heterocycles. The van der Waals surface area contributed by atoms with E-state index in [1.54, 1.807) is 56.3 Å². The highest BCUT2D eigenvalue weighted by atomic mass is 35.5. The minimum atomic E-state index is -0.683. The molecule has 1 aromatic heterocycles. The van der Waals surface area contributed by atoms with Crippen LogP contribution in [0.1, 0.15) is 40.7 Å². The molecule has 0 spiro atoms. The first kappa shape index (κ1) is 19.2. The van der Waals surface area contributed by atoms with Gasteiger partial charge in [-0.25, -0.2) is 4.79 Å². The molecule has 0 bridgehead atoms. The zero-order valence-corrected chi connectivity index (χ0v) is 16.1. The third-order valence-corrected chi connectivity index (χ3v) is 4.27. The summed E-state index contributed by atoms with van der Waals surface area (Å²) in [7, 11) is 0. The molecule has 0 aliphatic heterocycles. The Bertz CT molecular complexity index is 958. The van der Waals surface area contributed by atoms with E-state index >= 15 is 0 Å². The Hall–Kier alpha value is -2.57. The van der Waals surface area contributed by atoms with Crippen LogP contribution in [0.2, 0.25) is 10.0 Å². The molecule has 3 aromatic rings. The van der Waals surface area contributed by atoms with Crippen molar-refractivity contribution in [3.8, 4) is 5.75 Å². The minimum Gasteiger partial charge on any atom is -0.488 e. The molecule has 0 aliphatic rings. The van der Waals surface area contributed by atoms with Crippen molar-refractivity contribution in [2.24, 2.45) is 0 Å². The average Bonchev–Trinajstić information content (AvgIpc) is 3.08. The van der Waals surface area contributed by atoms with Crippen LogP contribution in [0.4, 0.5) is 0 Å². The van der Waals surface area contributed by atoms with E-state index in [2.05, 4.69) is 10.1 Å². The van der Waals surface area contributed by atoms with Crippen LogP contribution in [-0.4, -0.2) is 16.1 Å². The van der Waals surface area contributed by atoms with Gasteiger partial charge in [0.15, 0.2) is 11.9 Å². The molecule has 3 rings (SSSR count). The number of aromatic nitrogens is 2. The Morgan fingerprint density at radius 2 is 2.00 bits per heavy atom. The normalized spacial score (nSPS) is 11.9. The van der Waals surface area contributed by atoms with Gasteiger partial charge in [0, 0.05) is 15.6 Å². The maximum Gasteiger partial charge on any atom is 0.342 e. The van der Waals surface area contributed by atoms with Crippen LogP contribution in [0, 0.1) is 6.92 Å². The Balaban J connectivity index is 1.72. The fourth-order valence-corrected chi connectivity index (χ4v) is 2.77. The first-order chi connectivity index (χ1) is 12.9. The largest absolute Gasteiger partial charge is 0.488 e. The monoisotopic (exact) mass is 406 g/mol. The third-order valence-electron chi connectivity index (χ3n) is 3.68. The van der Waals surface area contributed by atoms with Crippen LogP contribution in [0.5, 0.6) is 5.75 Å². The summed E-state index contributed by atoms with van der Waals surface area (Å²) in [6.45, 7) is 3.52. The first-order valence-electron chi connectivity index (χ1n) is 8.11. The molecule has 1 atom stereocenters. The maximum absolute atomic E-state index is 12.5. The summed E-state index contributed by atoms with van der Waals surface area (Å²) in [6.07, 6.45) is -0.683. The minimum absolute atomic E-state index is 0.179. The van der Waals surface area contributed by atoms with Crippen molar-refractivity contribution in [1.82, 2.24) is 10.1 Å². The Kier molecular flexibility index (Phi) is 5.98. The van der Waals surface area contributed by atoms with Gasteiger partial charge < -0.3 is 14.0 Å². The summed E-state index contributed by atoms with van der Waals surface area (Å²) in [5, 5.41) is 4.72. The number of aryl methyl sites for hydroxylation is 1. The van der Waals surface area contributed by atoms with Crippen molar-refractivity contribution < 1.29 is 18.8 Å². The van der Waals surface area contributed by atoms with E-state index in [1.807, 2.05) is 0 Å². The van der Waals surface area contributed by atoms with Crippen molar-refractivity contribution >= 4 is 29.2 Å². The Morgan fingerprint density at radius 1 is 1.22 bits per heavy atom. The summed E-state index contributed by atoms with van der Waals surface area (Å²) in [5.41, 5.74) is 1.03. The lowest BCUT2D eigenvalue weighted by Gasteiger charge is -2.13. The van der Waals surface area contributed by atoms with E-state index in [0.29, 0.717) is 21.6 Å². The smallest absolute Gasteiger partial charge is 0.342 e. The first-order valence-corrected chi connectivity index (χ1v) is 8.86. The lowest BCUT2D eigenvalue weighted by Crippen LogP contribution is -2.11. The number of hydrogen-bond acceptors (Lipinski definition) is 6. The van der Waals surface area contributed by atoms with Gasteiger partial charge in [0.25, 0.3) is 5.89 Å². The zero-order valence-electron chi connectivity index (χ0n) is 14.6. The average molecular weight is 407 g/mol. The Morgan fingerprint density at radius 3 is 2.70 bits per heavy atom. The molecule has 1 unspecified atom stereocenters.